The standard InChI is InChI=1S/C18H19ClN2O5S/c1-9(17(23)16-5-4-11(27-16)8-21-10(2)22)26-18(24)12-6-13(19)14(20)7-15(12)25-3/h4-7,9H,8,20H2,1-3H3,(H,21,22). The Morgan fingerprint density at radius 3 is 2.63 bits per heavy atom. The maximum atomic E-state index is 12.5. The average Bonchev–Trinajstić information content (AvgIpc) is 3.09. The molecule has 2 rings (SSSR count). The van der Waals surface area contributed by atoms with Crippen molar-refractivity contribution in [3.8, 4) is 5.75 Å². The van der Waals surface area contributed by atoms with Crippen molar-refractivity contribution in [1.29, 1.82) is 0 Å². The maximum Gasteiger partial charge on any atom is 0.342 e. The van der Waals surface area contributed by atoms with Gasteiger partial charge in [0.1, 0.15) is 11.3 Å². The number of halogens is 1. The van der Waals surface area contributed by atoms with Gasteiger partial charge in [0, 0.05) is 17.9 Å². The number of thiophene rings is 1. The first kappa shape index (κ1) is 20.7. The van der Waals surface area contributed by atoms with Crippen LogP contribution in [0.25, 0.3) is 0 Å². The summed E-state index contributed by atoms with van der Waals surface area (Å²) in [6, 6.07) is 6.13. The van der Waals surface area contributed by atoms with Crippen LogP contribution >= 0.6 is 22.9 Å². The zero-order chi connectivity index (χ0) is 20.1. The van der Waals surface area contributed by atoms with Crippen LogP contribution in [0.1, 0.15) is 38.8 Å². The van der Waals surface area contributed by atoms with Crippen LogP contribution in [0.3, 0.4) is 0 Å². The zero-order valence-corrected chi connectivity index (χ0v) is 16.6. The van der Waals surface area contributed by atoms with E-state index < -0.39 is 12.1 Å². The highest BCUT2D eigenvalue weighted by Crippen LogP contribution is 2.30. The highest BCUT2D eigenvalue weighted by molar-refractivity contribution is 7.14. The second-order valence-electron chi connectivity index (χ2n) is 5.66. The number of hydrogen-bond acceptors (Lipinski definition) is 7. The van der Waals surface area contributed by atoms with Crippen molar-refractivity contribution in [2.75, 3.05) is 12.8 Å². The van der Waals surface area contributed by atoms with Crippen LogP contribution in [0.15, 0.2) is 24.3 Å². The zero-order valence-electron chi connectivity index (χ0n) is 15.0. The highest BCUT2D eigenvalue weighted by atomic mass is 35.5. The molecule has 0 saturated heterocycles. The number of nitrogens with two attached hydrogens (primary N) is 1. The lowest BCUT2D eigenvalue weighted by atomic mass is 10.1. The van der Waals surface area contributed by atoms with Gasteiger partial charge in [-0.1, -0.05) is 11.6 Å². The van der Waals surface area contributed by atoms with E-state index in [0.717, 1.165) is 4.88 Å². The molecule has 0 aliphatic heterocycles. The van der Waals surface area contributed by atoms with E-state index in [2.05, 4.69) is 5.32 Å². The number of ketones is 1. The van der Waals surface area contributed by atoms with Crippen molar-refractivity contribution in [2.24, 2.45) is 0 Å². The molecule has 3 N–H and O–H groups in total. The number of nitrogens with one attached hydrogen (secondary N) is 1. The molecule has 1 aromatic heterocycles. The van der Waals surface area contributed by atoms with Crippen LogP contribution in [-0.2, 0) is 16.1 Å². The molecule has 0 saturated carbocycles. The van der Waals surface area contributed by atoms with E-state index in [1.54, 1.807) is 12.1 Å². The van der Waals surface area contributed by atoms with Crippen LogP contribution in [0.4, 0.5) is 5.69 Å². The molecule has 1 unspecified atom stereocenters. The predicted molar refractivity (Wildman–Crippen MR) is 103 cm³/mol. The van der Waals surface area contributed by atoms with Gasteiger partial charge in [-0.3, -0.25) is 9.59 Å². The molecule has 0 aliphatic rings. The van der Waals surface area contributed by atoms with E-state index in [-0.39, 0.29) is 33.7 Å². The predicted octanol–water partition coefficient (Wildman–Crippen LogP) is 3.06. The SMILES string of the molecule is COc1cc(N)c(Cl)cc1C(=O)OC(C)C(=O)c1ccc(CNC(C)=O)s1. The van der Waals surface area contributed by atoms with Gasteiger partial charge in [0.15, 0.2) is 6.10 Å². The van der Waals surface area contributed by atoms with Crippen LogP contribution in [0.2, 0.25) is 5.02 Å². The van der Waals surface area contributed by atoms with Gasteiger partial charge in [-0.25, -0.2) is 4.79 Å². The number of rotatable bonds is 7. The van der Waals surface area contributed by atoms with E-state index in [0.29, 0.717) is 11.4 Å². The van der Waals surface area contributed by atoms with E-state index in [1.807, 2.05) is 0 Å². The number of carbonyl (C=O) groups is 3. The van der Waals surface area contributed by atoms with Gasteiger partial charge in [0.05, 0.1) is 29.2 Å². The Hall–Kier alpha value is -2.58. The van der Waals surface area contributed by atoms with Crippen molar-refractivity contribution < 1.29 is 23.9 Å². The maximum absolute atomic E-state index is 12.5. The molecular formula is C18H19ClN2O5S. The van der Waals surface area contributed by atoms with Crippen LogP contribution in [0.5, 0.6) is 5.75 Å². The normalized spacial score (nSPS) is 11.6. The minimum Gasteiger partial charge on any atom is -0.496 e. The second-order valence-corrected chi connectivity index (χ2v) is 7.24. The number of esters is 1. The summed E-state index contributed by atoms with van der Waals surface area (Å²) in [6.45, 7) is 3.24. The molecule has 1 atom stereocenters. The molecule has 0 bridgehead atoms. The fourth-order valence-electron chi connectivity index (χ4n) is 2.19. The van der Waals surface area contributed by atoms with Gasteiger partial charge in [-0.15, -0.1) is 11.3 Å². The first-order valence-corrected chi connectivity index (χ1v) is 9.13. The van der Waals surface area contributed by atoms with Crippen molar-refractivity contribution in [3.63, 3.8) is 0 Å². The number of Topliss-reactive ketones (excluding diaryl/α,β-unsaturated/α-hetero) is 1. The van der Waals surface area contributed by atoms with Crippen LogP contribution < -0.4 is 15.8 Å². The summed E-state index contributed by atoms with van der Waals surface area (Å²) >= 11 is 7.18. The third kappa shape index (κ3) is 5.21. The summed E-state index contributed by atoms with van der Waals surface area (Å²) in [4.78, 5) is 37.1. The number of hydrogen-bond donors (Lipinski definition) is 2. The first-order valence-electron chi connectivity index (χ1n) is 7.94. The monoisotopic (exact) mass is 410 g/mol. The highest BCUT2D eigenvalue weighted by Gasteiger charge is 2.24. The molecule has 2 aromatic rings. The molecular weight excluding hydrogens is 392 g/mol. The van der Waals surface area contributed by atoms with Gasteiger partial charge in [-0.05, 0) is 25.1 Å². The fraction of sp³-hybridized carbons (Fsp3) is 0.278. The lowest BCUT2D eigenvalue weighted by Gasteiger charge is -2.14. The summed E-state index contributed by atoms with van der Waals surface area (Å²) in [6.07, 6.45) is -1.01. The van der Waals surface area contributed by atoms with Crippen molar-refractivity contribution in [3.05, 3.63) is 44.6 Å². The van der Waals surface area contributed by atoms with E-state index in [9.17, 15) is 14.4 Å². The van der Waals surface area contributed by atoms with Gasteiger partial charge in [0.2, 0.25) is 11.7 Å². The average molecular weight is 411 g/mol. The molecule has 0 radical (unpaired) electrons. The summed E-state index contributed by atoms with van der Waals surface area (Å²) in [7, 11) is 1.39. The van der Waals surface area contributed by atoms with Crippen LogP contribution in [0, 0.1) is 0 Å². The number of anilines is 1. The molecule has 0 spiro atoms. The lowest BCUT2D eigenvalue weighted by molar-refractivity contribution is -0.119. The molecule has 0 aliphatic carbocycles. The van der Waals surface area contributed by atoms with Crippen molar-refractivity contribution in [2.45, 2.75) is 26.5 Å². The lowest BCUT2D eigenvalue weighted by Crippen LogP contribution is -2.24. The fourth-order valence-corrected chi connectivity index (χ4v) is 3.32. The topological polar surface area (TPSA) is 108 Å². The number of ether oxygens (including phenoxy) is 2. The van der Waals surface area contributed by atoms with Crippen molar-refractivity contribution in [1.82, 2.24) is 5.32 Å². The third-order valence-electron chi connectivity index (χ3n) is 3.61. The molecule has 1 amide bonds. The first-order chi connectivity index (χ1) is 12.7. The molecule has 144 valence electrons. The Morgan fingerprint density at radius 2 is 2.00 bits per heavy atom. The van der Waals surface area contributed by atoms with Crippen LogP contribution in [-0.4, -0.2) is 30.9 Å². The summed E-state index contributed by atoms with van der Waals surface area (Å²) in [5.41, 5.74) is 6.03. The number of benzene rings is 1. The Morgan fingerprint density at radius 1 is 1.30 bits per heavy atom. The Balaban J connectivity index is 2.09. The second kappa shape index (κ2) is 8.88. The smallest absolute Gasteiger partial charge is 0.342 e. The Bertz CT molecular complexity index is 881. The quantitative estimate of drug-likeness (QED) is 0.412. The molecule has 1 heterocycles. The Kier molecular flexibility index (Phi) is 6.81. The molecule has 1 aromatic carbocycles. The molecule has 27 heavy (non-hydrogen) atoms. The minimum absolute atomic E-state index is 0.0777. The van der Waals surface area contributed by atoms with E-state index in [4.69, 9.17) is 26.8 Å². The van der Waals surface area contributed by atoms with Crippen molar-refractivity contribution >= 4 is 46.3 Å². The Labute approximate surface area is 165 Å². The third-order valence-corrected chi connectivity index (χ3v) is 5.03. The van der Waals surface area contributed by atoms with E-state index in [1.165, 1.54) is 44.4 Å². The van der Waals surface area contributed by atoms with Gasteiger partial charge < -0.3 is 20.5 Å². The summed E-state index contributed by atoms with van der Waals surface area (Å²) in [5, 5.41) is 2.84. The molecule has 9 heteroatoms. The van der Waals surface area contributed by atoms with Gasteiger partial charge in [-0.2, -0.15) is 0 Å². The number of carbonyl (C=O) groups excluding carboxylic acids is 3. The molecule has 0 fully saturated rings. The number of nitrogen functional groups attached to an aromatic ring is 1. The molecule has 7 nitrogen and oxygen atoms in total. The largest absolute Gasteiger partial charge is 0.496 e. The van der Waals surface area contributed by atoms with E-state index >= 15 is 0 Å². The van der Waals surface area contributed by atoms with Gasteiger partial charge >= 0.3 is 5.97 Å². The summed E-state index contributed by atoms with van der Waals surface area (Å²) in [5.74, 6) is -1.04. The summed E-state index contributed by atoms with van der Waals surface area (Å²) < 4.78 is 10.4. The minimum atomic E-state index is -1.01. The number of methoxy groups -OCH3 is 1. The number of amides is 1. The van der Waals surface area contributed by atoms with Gasteiger partial charge in [0.25, 0.3) is 0 Å².